The lowest BCUT2D eigenvalue weighted by atomic mass is 9.98. The van der Waals surface area contributed by atoms with E-state index in [1.54, 1.807) is 6.07 Å². The summed E-state index contributed by atoms with van der Waals surface area (Å²) in [5, 5.41) is 6.55. The van der Waals surface area contributed by atoms with E-state index in [4.69, 9.17) is 4.74 Å². The molecule has 1 aromatic heterocycles. The molecule has 0 saturated heterocycles. The molecule has 7 nitrogen and oxygen atoms in total. The Bertz CT molecular complexity index is 717. The van der Waals surface area contributed by atoms with Crippen LogP contribution in [0.5, 0.6) is 0 Å². The highest BCUT2D eigenvalue weighted by atomic mass is 127. The summed E-state index contributed by atoms with van der Waals surface area (Å²) < 4.78 is 31.9. The predicted octanol–water partition coefficient (Wildman–Crippen LogP) is 3.41. The van der Waals surface area contributed by atoms with Gasteiger partial charge in [-0.3, -0.25) is 0 Å². The van der Waals surface area contributed by atoms with E-state index in [0.717, 1.165) is 37.0 Å². The molecule has 0 amide bonds. The van der Waals surface area contributed by atoms with Gasteiger partial charge >= 0.3 is 0 Å². The Morgan fingerprint density at radius 3 is 2.62 bits per heavy atom. The Balaban J connectivity index is 0.00000420. The van der Waals surface area contributed by atoms with Crippen LogP contribution < -0.4 is 10.6 Å². The standard InChI is InChI=1S/C19H34N4O3S2.HI/c1-4-20-19(21-13-8-14-26-16-9-6-5-7-10-16)22-15-17-11-12-18(27-17)28(24,25)23(2)3;/h11-12,16H,4-10,13-15H2,1-3H3,(H2,20,21,22);1H. The van der Waals surface area contributed by atoms with Crippen molar-refractivity contribution in [3.63, 3.8) is 0 Å². The van der Waals surface area contributed by atoms with Gasteiger partial charge in [-0.05, 0) is 38.3 Å². The van der Waals surface area contributed by atoms with Crippen LogP contribution in [0.4, 0.5) is 0 Å². The highest BCUT2D eigenvalue weighted by molar-refractivity contribution is 14.0. The number of hydrogen-bond acceptors (Lipinski definition) is 5. The Morgan fingerprint density at radius 2 is 1.97 bits per heavy atom. The molecule has 1 saturated carbocycles. The van der Waals surface area contributed by atoms with Crippen LogP contribution in [-0.2, 0) is 21.3 Å². The fourth-order valence-corrected chi connectivity index (χ4v) is 5.47. The minimum Gasteiger partial charge on any atom is -0.378 e. The summed E-state index contributed by atoms with van der Waals surface area (Å²) in [5.41, 5.74) is 0. The van der Waals surface area contributed by atoms with Crippen LogP contribution in [-0.4, -0.2) is 58.6 Å². The zero-order chi connectivity index (χ0) is 20.4. The van der Waals surface area contributed by atoms with Gasteiger partial charge in [0.15, 0.2) is 5.96 Å². The number of nitrogens with zero attached hydrogens (tertiary/aromatic N) is 2. The van der Waals surface area contributed by atoms with Crippen LogP contribution in [0.3, 0.4) is 0 Å². The fraction of sp³-hybridized carbons (Fsp3) is 0.737. The number of ether oxygens (including phenoxy) is 1. The molecule has 0 radical (unpaired) electrons. The summed E-state index contributed by atoms with van der Waals surface area (Å²) in [6.07, 6.45) is 7.71. The van der Waals surface area contributed by atoms with E-state index in [2.05, 4.69) is 15.6 Å². The van der Waals surface area contributed by atoms with Gasteiger partial charge in [-0.15, -0.1) is 35.3 Å². The van der Waals surface area contributed by atoms with Gasteiger partial charge in [0.2, 0.25) is 0 Å². The molecule has 1 fully saturated rings. The third-order valence-electron chi connectivity index (χ3n) is 4.63. The third-order valence-corrected chi connectivity index (χ3v) is 7.98. The number of hydrogen-bond donors (Lipinski definition) is 2. The van der Waals surface area contributed by atoms with Crippen LogP contribution in [0.1, 0.15) is 50.3 Å². The lowest BCUT2D eigenvalue weighted by molar-refractivity contribution is 0.0277. The molecule has 0 aromatic carbocycles. The number of sulfonamides is 1. The molecule has 0 spiro atoms. The van der Waals surface area contributed by atoms with Gasteiger partial charge in [0.25, 0.3) is 10.0 Å². The van der Waals surface area contributed by atoms with Crippen molar-refractivity contribution < 1.29 is 13.2 Å². The van der Waals surface area contributed by atoms with Crippen molar-refractivity contribution in [2.75, 3.05) is 33.8 Å². The van der Waals surface area contributed by atoms with Crippen molar-refractivity contribution >= 4 is 51.3 Å². The molecular formula is C19H35IN4O3S2. The van der Waals surface area contributed by atoms with Gasteiger partial charge in [-0.25, -0.2) is 17.7 Å². The highest BCUT2D eigenvalue weighted by Gasteiger charge is 2.19. The predicted molar refractivity (Wildman–Crippen MR) is 131 cm³/mol. The Labute approximate surface area is 196 Å². The van der Waals surface area contributed by atoms with Crippen LogP contribution >= 0.6 is 35.3 Å². The Kier molecular flexibility index (Phi) is 12.7. The average molecular weight is 559 g/mol. The van der Waals surface area contributed by atoms with Crippen LogP contribution in [0.2, 0.25) is 0 Å². The van der Waals surface area contributed by atoms with E-state index in [1.807, 2.05) is 13.0 Å². The lowest BCUT2D eigenvalue weighted by Gasteiger charge is -2.22. The van der Waals surface area contributed by atoms with Crippen LogP contribution in [0.25, 0.3) is 0 Å². The molecule has 10 heteroatoms. The van der Waals surface area contributed by atoms with E-state index in [0.29, 0.717) is 16.9 Å². The summed E-state index contributed by atoms with van der Waals surface area (Å²) in [5.74, 6) is 0.741. The number of nitrogens with one attached hydrogen (secondary N) is 2. The number of guanidine groups is 1. The zero-order valence-electron chi connectivity index (χ0n) is 17.6. The van der Waals surface area contributed by atoms with E-state index in [1.165, 1.54) is 61.8 Å². The maximum Gasteiger partial charge on any atom is 0.252 e. The van der Waals surface area contributed by atoms with Gasteiger partial charge < -0.3 is 15.4 Å². The minimum absolute atomic E-state index is 0. The van der Waals surface area contributed by atoms with E-state index < -0.39 is 10.0 Å². The fourth-order valence-electron chi connectivity index (χ4n) is 3.02. The Morgan fingerprint density at radius 1 is 1.24 bits per heavy atom. The van der Waals surface area contributed by atoms with E-state index in [-0.39, 0.29) is 24.0 Å². The maximum absolute atomic E-state index is 12.2. The van der Waals surface area contributed by atoms with Crippen molar-refractivity contribution in [3.05, 3.63) is 17.0 Å². The summed E-state index contributed by atoms with van der Waals surface area (Å²) >= 11 is 1.26. The van der Waals surface area contributed by atoms with Crippen molar-refractivity contribution in [3.8, 4) is 0 Å². The second-order valence-electron chi connectivity index (χ2n) is 7.11. The number of rotatable bonds is 10. The lowest BCUT2D eigenvalue weighted by Crippen LogP contribution is -2.38. The molecule has 168 valence electrons. The molecule has 0 atom stereocenters. The molecule has 1 aromatic rings. The summed E-state index contributed by atoms with van der Waals surface area (Å²) in [6, 6.07) is 3.47. The SMILES string of the molecule is CCNC(=NCc1ccc(S(=O)(=O)N(C)C)s1)NCCCOC1CCCCC1.I. The number of aliphatic imine (C=N–C) groups is 1. The van der Waals surface area contributed by atoms with Gasteiger partial charge in [-0.2, -0.15) is 0 Å². The molecule has 29 heavy (non-hydrogen) atoms. The quantitative estimate of drug-likeness (QED) is 0.199. The van der Waals surface area contributed by atoms with Gasteiger partial charge in [0.1, 0.15) is 4.21 Å². The molecule has 2 rings (SSSR count). The topological polar surface area (TPSA) is 83.0 Å². The van der Waals surface area contributed by atoms with Crippen LogP contribution in [0, 0.1) is 0 Å². The first-order valence-corrected chi connectivity index (χ1v) is 12.3. The molecule has 0 unspecified atom stereocenters. The first-order chi connectivity index (χ1) is 13.4. The first-order valence-electron chi connectivity index (χ1n) is 10.1. The monoisotopic (exact) mass is 558 g/mol. The average Bonchev–Trinajstić information content (AvgIpc) is 3.16. The maximum atomic E-state index is 12.2. The molecule has 1 aliphatic rings. The normalized spacial score (nSPS) is 15.9. The minimum atomic E-state index is -3.38. The first kappa shape index (κ1) is 26.6. The van der Waals surface area contributed by atoms with Crippen molar-refractivity contribution in [2.24, 2.45) is 4.99 Å². The Hall–Kier alpha value is -0.430. The van der Waals surface area contributed by atoms with E-state index in [9.17, 15) is 8.42 Å². The highest BCUT2D eigenvalue weighted by Crippen LogP contribution is 2.24. The van der Waals surface area contributed by atoms with Gasteiger partial charge in [0, 0.05) is 38.7 Å². The number of halogens is 1. The largest absolute Gasteiger partial charge is 0.378 e. The summed E-state index contributed by atoms with van der Waals surface area (Å²) in [4.78, 5) is 5.48. The van der Waals surface area contributed by atoms with Crippen molar-refractivity contribution in [2.45, 2.75) is 62.3 Å². The molecule has 2 N–H and O–H groups in total. The van der Waals surface area contributed by atoms with E-state index >= 15 is 0 Å². The second kappa shape index (κ2) is 13.8. The zero-order valence-corrected chi connectivity index (χ0v) is 21.6. The molecule has 0 aliphatic heterocycles. The van der Waals surface area contributed by atoms with Crippen molar-refractivity contribution in [1.29, 1.82) is 0 Å². The van der Waals surface area contributed by atoms with Crippen LogP contribution in [0.15, 0.2) is 21.3 Å². The second-order valence-corrected chi connectivity index (χ2v) is 10.7. The third kappa shape index (κ3) is 9.07. The van der Waals surface area contributed by atoms with Gasteiger partial charge in [-0.1, -0.05) is 19.3 Å². The number of thiophene rings is 1. The molecule has 0 bridgehead atoms. The summed E-state index contributed by atoms with van der Waals surface area (Å²) in [6.45, 7) is 4.81. The molecular weight excluding hydrogens is 523 g/mol. The summed E-state index contributed by atoms with van der Waals surface area (Å²) in [7, 11) is -0.297. The smallest absolute Gasteiger partial charge is 0.252 e. The van der Waals surface area contributed by atoms with Crippen molar-refractivity contribution in [1.82, 2.24) is 14.9 Å². The molecule has 1 heterocycles. The van der Waals surface area contributed by atoms with Gasteiger partial charge in [0.05, 0.1) is 12.6 Å². The molecule has 1 aliphatic carbocycles.